The van der Waals surface area contributed by atoms with E-state index in [2.05, 4.69) is 57.8 Å². The molecule has 0 bridgehead atoms. The lowest BCUT2D eigenvalue weighted by Crippen LogP contribution is -2.21. The van der Waals surface area contributed by atoms with Crippen molar-refractivity contribution < 1.29 is 0 Å². The second-order valence-electron chi connectivity index (χ2n) is 6.39. The lowest BCUT2D eigenvalue weighted by atomic mass is 10.2. The van der Waals surface area contributed by atoms with Crippen molar-refractivity contribution in [2.75, 3.05) is 26.4 Å². The summed E-state index contributed by atoms with van der Waals surface area (Å²) >= 11 is 1.75. The number of hydrogen-bond donors (Lipinski definition) is 0. The van der Waals surface area contributed by atoms with Crippen molar-refractivity contribution in [3.63, 3.8) is 0 Å². The zero-order chi connectivity index (χ0) is 17.6. The summed E-state index contributed by atoms with van der Waals surface area (Å²) in [5.74, 6) is 2.42. The molecule has 2 heterocycles. The highest BCUT2D eigenvalue weighted by atomic mass is 32.2. The Morgan fingerprint density at radius 3 is 2.44 bits per heavy atom. The van der Waals surface area contributed by atoms with E-state index in [4.69, 9.17) is 0 Å². The molecule has 0 N–H and O–H groups in total. The Balaban J connectivity index is 1.92. The Morgan fingerprint density at radius 2 is 1.76 bits per heavy atom. The van der Waals surface area contributed by atoms with E-state index < -0.39 is 0 Å². The largest absolute Gasteiger partial charge is 0.309 e. The highest BCUT2D eigenvalue weighted by Gasteiger charge is 2.17. The maximum Gasteiger partial charge on any atom is 0.196 e. The van der Waals surface area contributed by atoms with E-state index in [0.717, 1.165) is 34.5 Å². The molecule has 25 heavy (non-hydrogen) atoms. The summed E-state index contributed by atoms with van der Waals surface area (Å²) < 4.78 is 2.13. The van der Waals surface area contributed by atoms with E-state index in [1.165, 1.54) is 0 Å². The van der Waals surface area contributed by atoms with Crippen molar-refractivity contribution in [1.82, 2.24) is 24.6 Å². The number of thioether (sulfide) groups is 1. The van der Waals surface area contributed by atoms with Crippen LogP contribution in [-0.4, -0.2) is 51.0 Å². The Bertz CT molecular complexity index is 786. The normalized spacial score (nSPS) is 12.5. The smallest absolute Gasteiger partial charge is 0.196 e. The summed E-state index contributed by atoms with van der Waals surface area (Å²) in [6.07, 6.45) is 3.57. The van der Waals surface area contributed by atoms with Crippen LogP contribution >= 0.6 is 11.8 Å². The maximum absolute atomic E-state index is 4.46. The summed E-state index contributed by atoms with van der Waals surface area (Å²) in [4.78, 5) is 6.32. The third kappa shape index (κ3) is 4.46. The van der Waals surface area contributed by atoms with Gasteiger partial charge < -0.3 is 4.90 Å². The van der Waals surface area contributed by atoms with Crippen LogP contribution in [0.3, 0.4) is 0 Å². The lowest BCUT2D eigenvalue weighted by Gasteiger charge is -2.16. The number of para-hydroxylation sites is 1. The average molecular weight is 353 g/mol. The van der Waals surface area contributed by atoms with Gasteiger partial charge in [-0.25, -0.2) is 0 Å². The lowest BCUT2D eigenvalue weighted by molar-refractivity contribution is 0.356. The molecule has 0 aliphatic carbocycles. The van der Waals surface area contributed by atoms with Gasteiger partial charge in [-0.1, -0.05) is 36.9 Å². The number of rotatable bonds is 7. The zero-order valence-electron chi connectivity index (χ0n) is 14.8. The first kappa shape index (κ1) is 17.6. The van der Waals surface area contributed by atoms with Crippen LogP contribution in [0.1, 0.15) is 6.92 Å². The van der Waals surface area contributed by atoms with Crippen molar-refractivity contribution in [2.45, 2.75) is 12.1 Å². The minimum absolute atomic E-state index is 0.574. The van der Waals surface area contributed by atoms with E-state index >= 15 is 0 Å². The summed E-state index contributed by atoms with van der Waals surface area (Å²) in [5.41, 5.74) is 2.08. The quantitative estimate of drug-likeness (QED) is 0.607. The van der Waals surface area contributed by atoms with Gasteiger partial charge in [0, 0.05) is 35.9 Å². The van der Waals surface area contributed by atoms with Gasteiger partial charge in [-0.2, -0.15) is 0 Å². The van der Waals surface area contributed by atoms with Crippen LogP contribution in [0.15, 0.2) is 60.0 Å². The van der Waals surface area contributed by atoms with E-state index in [1.54, 1.807) is 24.2 Å². The SMILES string of the molecule is C[C@@H](CSc1nnc(-c2ccncc2)n1-c1ccccc1)CN(C)C. The number of benzene rings is 1. The highest BCUT2D eigenvalue weighted by molar-refractivity contribution is 7.99. The molecule has 2 aromatic heterocycles. The molecular formula is C19H23N5S. The minimum atomic E-state index is 0.574. The van der Waals surface area contributed by atoms with Crippen molar-refractivity contribution >= 4 is 11.8 Å². The molecule has 3 aromatic rings. The fourth-order valence-corrected chi connectivity index (χ4v) is 3.71. The second kappa shape index (κ2) is 8.27. The minimum Gasteiger partial charge on any atom is -0.309 e. The first-order valence-corrected chi connectivity index (χ1v) is 9.32. The molecule has 3 rings (SSSR count). The van der Waals surface area contributed by atoms with E-state index in [9.17, 15) is 0 Å². The molecule has 6 heteroatoms. The zero-order valence-corrected chi connectivity index (χ0v) is 15.6. The molecule has 1 aromatic carbocycles. The maximum atomic E-state index is 4.46. The second-order valence-corrected chi connectivity index (χ2v) is 7.38. The third-order valence-electron chi connectivity index (χ3n) is 3.76. The molecule has 1 atom stereocenters. The van der Waals surface area contributed by atoms with Crippen molar-refractivity contribution in [3.8, 4) is 17.1 Å². The Kier molecular flexibility index (Phi) is 5.83. The van der Waals surface area contributed by atoms with Gasteiger partial charge >= 0.3 is 0 Å². The molecule has 130 valence electrons. The predicted molar refractivity (Wildman–Crippen MR) is 103 cm³/mol. The van der Waals surface area contributed by atoms with Gasteiger partial charge in [-0.15, -0.1) is 10.2 Å². The fourth-order valence-electron chi connectivity index (χ4n) is 2.75. The standard InChI is InChI=1S/C19H23N5S/c1-15(13-23(2)3)14-25-19-22-21-18(16-9-11-20-12-10-16)24(19)17-7-5-4-6-8-17/h4-12,15H,13-14H2,1-3H3/t15-/m1/s1. The molecule has 0 saturated heterocycles. The number of hydrogen-bond acceptors (Lipinski definition) is 5. The number of pyridine rings is 1. The van der Waals surface area contributed by atoms with Crippen LogP contribution in [0.5, 0.6) is 0 Å². The summed E-state index contributed by atoms with van der Waals surface area (Å²) in [6, 6.07) is 14.2. The Labute approximate surface area is 153 Å². The van der Waals surface area contributed by atoms with Gasteiger partial charge in [0.1, 0.15) is 0 Å². The molecule has 0 fully saturated rings. The average Bonchev–Trinajstić information content (AvgIpc) is 3.05. The van der Waals surface area contributed by atoms with E-state index in [-0.39, 0.29) is 0 Å². The van der Waals surface area contributed by atoms with Gasteiger partial charge in [-0.05, 0) is 44.3 Å². The van der Waals surface area contributed by atoms with Gasteiger partial charge in [0.2, 0.25) is 0 Å². The van der Waals surface area contributed by atoms with Crippen LogP contribution < -0.4 is 0 Å². The predicted octanol–water partition coefficient (Wildman–Crippen LogP) is 3.62. The van der Waals surface area contributed by atoms with Crippen LogP contribution in [0, 0.1) is 5.92 Å². The summed E-state index contributed by atoms with van der Waals surface area (Å²) in [7, 11) is 4.21. The molecule has 0 amide bonds. The van der Waals surface area contributed by atoms with Gasteiger partial charge in [0.05, 0.1) is 0 Å². The van der Waals surface area contributed by atoms with E-state index in [1.807, 2.05) is 30.3 Å². The van der Waals surface area contributed by atoms with Gasteiger partial charge in [0.25, 0.3) is 0 Å². The topological polar surface area (TPSA) is 46.8 Å². The van der Waals surface area contributed by atoms with Crippen molar-refractivity contribution in [3.05, 3.63) is 54.9 Å². The monoisotopic (exact) mass is 353 g/mol. The van der Waals surface area contributed by atoms with Crippen molar-refractivity contribution in [1.29, 1.82) is 0 Å². The molecule has 0 aliphatic heterocycles. The first-order valence-electron chi connectivity index (χ1n) is 8.34. The van der Waals surface area contributed by atoms with Crippen LogP contribution in [0.4, 0.5) is 0 Å². The molecular weight excluding hydrogens is 330 g/mol. The van der Waals surface area contributed by atoms with Crippen LogP contribution in [0.2, 0.25) is 0 Å². The molecule has 5 nitrogen and oxygen atoms in total. The van der Waals surface area contributed by atoms with Gasteiger partial charge in [0.15, 0.2) is 11.0 Å². The Morgan fingerprint density at radius 1 is 1.04 bits per heavy atom. The summed E-state index contributed by atoms with van der Waals surface area (Å²) in [5, 5.41) is 9.84. The molecule has 0 spiro atoms. The first-order chi connectivity index (χ1) is 12.1. The third-order valence-corrected chi connectivity index (χ3v) is 5.02. The molecule has 0 radical (unpaired) electrons. The van der Waals surface area contributed by atoms with Crippen LogP contribution in [0.25, 0.3) is 17.1 Å². The van der Waals surface area contributed by atoms with Crippen LogP contribution in [-0.2, 0) is 0 Å². The molecule has 0 saturated carbocycles. The fraction of sp³-hybridized carbons (Fsp3) is 0.316. The molecule has 0 aliphatic rings. The number of aromatic nitrogens is 4. The highest BCUT2D eigenvalue weighted by Crippen LogP contribution is 2.28. The van der Waals surface area contributed by atoms with Crippen molar-refractivity contribution in [2.24, 2.45) is 5.92 Å². The molecule has 0 unspecified atom stereocenters. The number of nitrogens with zero attached hydrogens (tertiary/aromatic N) is 5. The van der Waals surface area contributed by atoms with E-state index in [0.29, 0.717) is 5.92 Å². The Hall–Kier alpha value is -2.18. The summed E-state index contributed by atoms with van der Waals surface area (Å²) in [6.45, 7) is 3.32. The van der Waals surface area contributed by atoms with Gasteiger partial charge in [-0.3, -0.25) is 9.55 Å².